The quantitative estimate of drug-likeness (QED) is 0.497. The van der Waals surface area contributed by atoms with Gasteiger partial charge in [-0.25, -0.2) is 0 Å². The molecular formula is C9H11NO2. The van der Waals surface area contributed by atoms with Crippen LogP contribution in [0.15, 0.2) is 12.1 Å². The normalized spacial score (nSPS) is 15.7. The lowest BCUT2D eigenvalue weighted by Crippen LogP contribution is -2.23. The second-order valence-electron chi connectivity index (χ2n) is 2.99. The molecule has 0 aliphatic carbocycles. The van der Waals surface area contributed by atoms with Gasteiger partial charge in [0.05, 0.1) is 0 Å². The maximum Gasteiger partial charge on any atom is 0.120 e. The zero-order chi connectivity index (χ0) is 8.55. The lowest BCUT2D eigenvalue weighted by Gasteiger charge is -2.18. The first-order valence-corrected chi connectivity index (χ1v) is 4.02. The third kappa shape index (κ3) is 1.02. The van der Waals surface area contributed by atoms with Gasteiger partial charge in [-0.2, -0.15) is 0 Å². The summed E-state index contributed by atoms with van der Waals surface area (Å²) in [5.74, 6) is 0.569. The van der Waals surface area contributed by atoms with Crippen molar-refractivity contribution in [1.29, 1.82) is 0 Å². The monoisotopic (exact) mass is 165 g/mol. The Morgan fingerprint density at radius 1 is 1.08 bits per heavy atom. The molecular weight excluding hydrogens is 154 g/mol. The second kappa shape index (κ2) is 2.68. The third-order valence-electron chi connectivity index (χ3n) is 2.24. The number of phenolic OH excluding ortho intramolecular Hbond substituents is 2. The first kappa shape index (κ1) is 7.43. The molecule has 12 heavy (non-hydrogen) atoms. The van der Waals surface area contributed by atoms with Crippen molar-refractivity contribution < 1.29 is 10.2 Å². The number of hydrogen-bond acceptors (Lipinski definition) is 3. The molecule has 1 aromatic rings. The van der Waals surface area contributed by atoms with Gasteiger partial charge in [-0.05, 0) is 25.1 Å². The van der Waals surface area contributed by atoms with Gasteiger partial charge in [0, 0.05) is 17.7 Å². The molecule has 0 saturated carbocycles. The molecule has 0 fully saturated rings. The maximum atomic E-state index is 9.44. The van der Waals surface area contributed by atoms with Crippen molar-refractivity contribution in [3.8, 4) is 11.5 Å². The minimum atomic E-state index is 0.273. The van der Waals surface area contributed by atoms with Gasteiger partial charge in [0.15, 0.2) is 0 Å². The van der Waals surface area contributed by atoms with E-state index in [-0.39, 0.29) is 5.75 Å². The van der Waals surface area contributed by atoms with Gasteiger partial charge < -0.3 is 15.5 Å². The minimum absolute atomic E-state index is 0.273. The van der Waals surface area contributed by atoms with Crippen molar-refractivity contribution in [2.24, 2.45) is 0 Å². The highest BCUT2D eigenvalue weighted by Crippen LogP contribution is 2.30. The van der Waals surface area contributed by atoms with Crippen LogP contribution in [0.1, 0.15) is 11.1 Å². The van der Waals surface area contributed by atoms with Crippen molar-refractivity contribution in [1.82, 2.24) is 5.32 Å². The molecule has 3 heteroatoms. The Kier molecular flexibility index (Phi) is 1.66. The zero-order valence-electron chi connectivity index (χ0n) is 6.67. The fourth-order valence-electron chi connectivity index (χ4n) is 1.57. The third-order valence-corrected chi connectivity index (χ3v) is 2.24. The largest absolute Gasteiger partial charge is 0.508 e. The summed E-state index contributed by atoms with van der Waals surface area (Å²) >= 11 is 0. The molecule has 0 amide bonds. The molecule has 0 spiro atoms. The molecule has 3 N–H and O–H groups in total. The summed E-state index contributed by atoms with van der Waals surface area (Å²) in [5, 5.41) is 22.0. The van der Waals surface area contributed by atoms with Crippen LogP contribution in [0, 0.1) is 0 Å². The van der Waals surface area contributed by atoms with Crippen molar-refractivity contribution in [2.45, 2.75) is 13.0 Å². The number of phenols is 2. The lowest BCUT2D eigenvalue weighted by molar-refractivity contribution is 0.437. The van der Waals surface area contributed by atoms with Gasteiger partial charge in [0.2, 0.25) is 0 Å². The van der Waals surface area contributed by atoms with E-state index >= 15 is 0 Å². The van der Waals surface area contributed by atoms with E-state index in [1.54, 1.807) is 6.07 Å². The van der Waals surface area contributed by atoms with Gasteiger partial charge in [-0.1, -0.05) is 0 Å². The maximum absolute atomic E-state index is 9.44. The van der Waals surface area contributed by atoms with Crippen LogP contribution in [0.2, 0.25) is 0 Å². The van der Waals surface area contributed by atoms with Crippen LogP contribution in [0.25, 0.3) is 0 Å². The van der Waals surface area contributed by atoms with Crippen LogP contribution in [0.3, 0.4) is 0 Å². The average molecular weight is 165 g/mol. The van der Waals surface area contributed by atoms with E-state index in [0.717, 1.165) is 24.1 Å². The molecule has 1 aliphatic heterocycles. The highest BCUT2D eigenvalue weighted by molar-refractivity contribution is 5.48. The summed E-state index contributed by atoms with van der Waals surface area (Å²) in [6, 6.07) is 3.07. The topological polar surface area (TPSA) is 52.5 Å². The van der Waals surface area contributed by atoms with Crippen LogP contribution >= 0.6 is 0 Å². The molecule has 2 rings (SSSR count). The standard InChI is InChI=1S/C9H11NO2/c11-8-1-2-9(12)7-5-10-4-3-6(7)8/h1-2,10-12H,3-5H2. The highest BCUT2D eigenvalue weighted by Gasteiger charge is 2.15. The molecule has 1 aromatic carbocycles. The molecule has 1 heterocycles. The summed E-state index contributed by atoms with van der Waals surface area (Å²) in [4.78, 5) is 0. The molecule has 0 aromatic heterocycles. The Hall–Kier alpha value is -1.22. The highest BCUT2D eigenvalue weighted by atomic mass is 16.3. The van der Waals surface area contributed by atoms with Crippen LogP contribution in [-0.2, 0) is 13.0 Å². The number of benzene rings is 1. The van der Waals surface area contributed by atoms with Crippen molar-refractivity contribution >= 4 is 0 Å². The van der Waals surface area contributed by atoms with Gasteiger partial charge in [0.25, 0.3) is 0 Å². The first-order chi connectivity index (χ1) is 5.79. The van der Waals surface area contributed by atoms with Gasteiger partial charge in [-0.3, -0.25) is 0 Å². The van der Waals surface area contributed by atoms with E-state index < -0.39 is 0 Å². The van der Waals surface area contributed by atoms with Crippen molar-refractivity contribution in [3.63, 3.8) is 0 Å². The van der Waals surface area contributed by atoms with E-state index in [4.69, 9.17) is 0 Å². The summed E-state index contributed by atoms with van der Waals surface area (Å²) < 4.78 is 0. The van der Waals surface area contributed by atoms with E-state index in [1.165, 1.54) is 6.07 Å². The van der Waals surface area contributed by atoms with E-state index in [9.17, 15) is 10.2 Å². The smallest absolute Gasteiger partial charge is 0.120 e. The van der Waals surface area contributed by atoms with Crippen LogP contribution in [-0.4, -0.2) is 16.8 Å². The Morgan fingerprint density at radius 2 is 1.75 bits per heavy atom. The molecule has 3 nitrogen and oxygen atoms in total. The number of rotatable bonds is 0. The van der Waals surface area contributed by atoms with Crippen LogP contribution in [0.5, 0.6) is 11.5 Å². The molecule has 1 aliphatic rings. The average Bonchev–Trinajstić information content (AvgIpc) is 2.12. The number of fused-ring (bicyclic) bond motifs is 1. The molecule has 0 radical (unpaired) electrons. The SMILES string of the molecule is Oc1ccc(O)c2c1CCNC2. The number of aromatic hydroxyl groups is 2. The van der Waals surface area contributed by atoms with E-state index in [1.807, 2.05) is 0 Å². The Bertz CT molecular complexity index is 279. The van der Waals surface area contributed by atoms with Gasteiger partial charge in [0.1, 0.15) is 11.5 Å². The van der Waals surface area contributed by atoms with E-state index in [2.05, 4.69) is 5.32 Å². The molecule has 0 atom stereocenters. The van der Waals surface area contributed by atoms with Crippen molar-refractivity contribution in [2.75, 3.05) is 6.54 Å². The Labute approximate surface area is 70.7 Å². The summed E-state index contributed by atoms with van der Waals surface area (Å²) in [5.41, 5.74) is 1.72. The predicted molar refractivity (Wildman–Crippen MR) is 45.2 cm³/mol. The molecule has 0 saturated heterocycles. The van der Waals surface area contributed by atoms with Gasteiger partial charge >= 0.3 is 0 Å². The fourth-order valence-corrected chi connectivity index (χ4v) is 1.57. The summed E-state index contributed by atoms with van der Waals surface area (Å²) in [7, 11) is 0. The minimum Gasteiger partial charge on any atom is -0.508 e. The van der Waals surface area contributed by atoms with Crippen LogP contribution < -0.4 is 5.32 Å². The zero-order valence-corrected chi connectivity index (χ0v) is 6.67. The van der Waals surface area contributed by atoms with E-state index in [0.29, 0.717) is 12.3 Å². The fraction of sp³-hybridized carbons (Fsp3) is 0.333. The Balaban J connectivity index is 2.57. The summed E-state index contributed by atoms with van der Waals surface area (Å²) in [6.07, 6.45) is 0.787. The molecule has 64 valence electrons. The predicted octanol–water partition coefficient (Wildman–Crippen LogP) is 0.743. The van der Waals surface area contributed by atoms with Gasteiger partial charge in [-0.15, -0.1) is 0 Å². The number of hydrogen-bond donors (Lipinski definition) is 3. The Morgan fingerprint density at radius 3 is 2.42 bits per heavy atom. The van der Waals surface area contributed by atoms with Crippen molar-refractivity contribution in [3.05, 3.63) is 23.3 Å². The number of nitrogens with one attached hydrogen (secondary N) is 1. The molecule has 0 bridgehead atoms. The molecule has 0 unspecified atom stereocenters. The first-order valence-electron chi connectivity index (χ1n) is 4.02. The summed E-state index contributed by atoms with van der Waals surface area (Å²) in [6.45, 7) is 1.51. The lowest BCUT2D eigenvalue weighted by atomic mass is 9.99. The second-order valence-corrected chi connectivity index (χ2v) is 2.99. The van der Waals surface area contributed by atoms with Crippen LogP contribution in [0.4, 0.5) is 0 Å².